The first kappa shape index (κ1) is 12.0. The summed E-state index contributed by atoms with van der Waals surface area (Å²) >= 11 is 4.79. The van der Waals surface area contributed by atoms with Gasteiger partial charge >= 0.3 is 0 Å². The number of unbranched alkanes of at least 4 members (excludes halogenated alkanes) is 1. The van der Waals surface area contributed by atoms with Gasteiger partial charge in [-0.2, -0.15) is 0 Å². The van der Waals surface area contributed by atoms with Crippen LogP contribution in [0.5, 0.6) is 5.75 Å². The van der Waals surface area contributed by atoms with Crippen LogP contribution in [0.1, 0.15) is 24.8 Å². The molecular weight excluding hydrogens is 206 g/mol. The summed E-state index contributed by atoms with van der Waals surface area (Å²) < 4.78 is 5.56. The normalized spacial score (nSPS) is 9.93. The Morgan fingerprint density at radius 3 is 2.53 bits per heavy atom. The predicted octanol–water partition coefficient (Wildman–Crippen LogP) is 2.83. The molecule has 82 valence electrons. The van der Waals surface area contributed by atoms with Crippen molar-refractivity contribution in [2.45, 2.75) is 26.2 Å². The van der Waals surface area contributed by atoms with Crippen molar-refractivity contribution in [3.05, 3.63) is 29.8 Å². The fourth-order valence-electron chi connectivity index (χ4n) is 1.23. The van der Waals surface area contributed by atoms with Crippen LogP contribution in [0.25, 0.3) is 0 Å². The maximum Gasteiger partial charge on any atom is 0.119 e. The second-order valence-corrected chi connectivity index (χ2v) is 4.11. The summed E-state index contributed by atoms with van der Waals surface area (Å²) in [6.07, 6.45) is 2.80. The molecule has 0 aliphatic carbocycles. The van der Waals surface area contributed by atoms with Crippen LogP contribution in [0.3, 0.4) is 0 Å². The highest BCUT2D eigenvalue weighted by molar-refractivity contribution is 7.80. The van der Waals surface area contributed by atoms with Gasteiger partial charge in [0.15, 0.2) is 0 Å². The number of nitrogens with two attached hydrogens (primary N) is 1. The van der Waals surface area contributed by atoms with Crippen molar-refractivity contribution < 1.29 is 4.74 Å². The number of ether oxygens (including phenoxy) is 1. The number of benzene rings is 1. The van der Waals surface area contributed by atoms with Gasteiger partial charge in [-0.3, -0.25) is 0 Å². The molecule has 1 aromatic carbocycles. The number of rotatable bonds is 6. The van der Waals surface area contributed by atoms with E-state index in [2.05, 4.69) is 6.92 Å². The van der Waals surface area contributed by atoms with Gasteiger partial charge in [0, 0.05) is 0 Å². The Hall–Kier alpha value is -1.09. The zero-order valence-electron chi connectivity index (χ0n) is 9.03. The summed E-state index contributed by atoms with van der Waals surface area (Å²) in [4.78, 5) is 0.588. The van der Waals surface area contributed by atoms with Gasteiger partial charge in [0.05, 0.1) is 11.6 Å². The third-order valence-corrected chi connectivity index (χ3v) is 2.31. The summed E-state index contributed by atoms with van der Waals surface area (Å²) in [5.41, 5.74) is 6.64. The van der Waals surface area contributed by atoms with Crippen LogP contribution in [0.2, 0.25) is 0 Å². The van der Waals surface area contributed by atoms with Crippen LogP contribution >= 0.6 is 12.2 Å². The molecule has 0 unspecified atom stereocenters. The average molecular weight is 223 g/mol. The number of hydrogen-bond acceptors (Lipinski definition) is 2. The average Bonchev–Trinajstić information content (AvgIpc) is 2.20. The Morgan fingerprint density at radius 2 is 1.93 bits per heavy atom. The summed E-state index contributed by atoms with van der Waals surface area (Å²) in [6.45, 7) is 2.79. The van der Waals surface area contributed by atoms with Crippen LogP contribution < -0.4 is 10.5 Å². The van der Waals surface area contributed by atoms with Crippen LogP contribution in [0, 0.1) is 6.92 Å². The molecule has 0 aromatic heterocycles. The Kier molecular flexibility index (Phi) is 5.12. The van der Waals surface area contributed by atoms with E-state index < -0.39 is 0 Å². The van der Waals surface area contributed by atoms with E-state index in [1.165, 1.54) is 5.56 Å². The molecular formula is C12H17NOS. The topological polar surface area (TPSA) is 35.2 Å². The Labute approximate surface area is 96.4 Å². The van der Waals surface area contributed by atoms with E-state index in [9.17, 15) is 0 Å². The van der Waals surface area contributed by atoms with E-state index in [1.807, 2.05) is 24.3 Å². The Morgan fingerprint density at radius 1 is 1.27 bits per heavy atom. The highest BCUT2D eigenvalue weighted by atomic mass is 32.1. The van der Waals surface area contributed by atoms with Crippen LogP contribution in [-0.4, -0.2) is 11.6 Å². The minimum atomic E-state index is 0.588. The van der Waals surface area contributed by atoms with Crippen LogP contribution in [0.4, 0.5) is 0 Å². The second kappa shape index (κ2) is 6.40. The van der Waals surface area contributed by atoms with E-state index in [0.29, 0.717) is 4.99 Å². The van der Waals surface area contributed by atoms with Crippen molar-refractivity contribution >= 4 is 17.2 Å². The molecule has 15 heavy (non-hydrogen) atoms. The van der Waals surface area contributed by atoms with Crippen molar-refractivity contribution in [2.24, 2.45) is 5.73 Å². The van der Waals surface area contributed by atoms with Crippen molar-refractivity contribution in [3.63, 3.8) is 0 Å². The van der Waals surface area contributed by atoms with E-state index in [-0.39, 0.29) is 0 Å². The predicted molar refractivity (Wildman–Crippen MR) is 67.3 cm³/mol. The van der Waals surface area contributed by atoms with Gasteiger partial charge in [0.1, 0.15) is 5.75 Å². The van der Waals surface area contributed by atoms with E-state index in [4.69, 9.17) is 22.7 Å². The maximum atomic E-state index is 5.56. The molecule has 0 aliphatic heterocycles. The summed E-state index contributed by atoms with van der Waals surface area (Å²) in [7, 11) is 0. The smallest absolute Gasteiger partial charge is 0.119 e. The van der Waals surface area contributed by atoms with Gasteiger partial charge in [-0.15, -0.1) is 0 Å². The summed E-state index contributed by atoms with van der Waals surface area (Å²) in [6, 6.07) is 8.07. The fraction of sp³-hybridized carbons (Fsp3) is 0.417. The highest BCUT2D eigenvalue weighted by Gasteiger charge is 1.94. The van der Waals surface area contributed by atoms with Crippen molar-refractivity contribution in [1.29, 1.82) is 0 Å². The molecule has 1 rings (SSSR count). The van der Waals surface area contributed by atoms with Gasteiger partial charge in [0.25, 0.3) is 0 Å². The maximum absolute atomic E-state index is 5.56. The largest absolute Gasteiger partial charge is 0.494 e. The molecule has 0 aliphatic rings. The molecule has 2 N–H and O–H groups in total. The standard InChI is InChI=1S/C12H17NOS/c1-10-5-7-11(8-6-10)14-9-3-2-4-12(13)15/h5-8H,2-4,9H2,1H3,(H2,13,15). The molecule has 2 nitrogen and oxygen atoms in total. The number of aryl methyl sites for hydroxylation is 1. The minimum absolute atomic E-state index is 0.588. The molecule has 0 saturated heterocycles. The van der Waals surface area contributed by atoms with Gasteiger partial charge in [-0.05, 0) is 38.3 Å². The van der Waals surface area contributed by atoms with Crippen molar-refractivity contribution in [3.8, 4) is 5.75 Å². The summed E-state index contributed by atoms with van der Waals surface area (Å²) in [5, 5.41) is 0. The number of thiocarbonyl (C=S) groups is 1. The molecule has 3 heteroatoms. The monoisotopic (exact) mass is 223 g/mol. The summed E-state index contributed by atoms with van der Waals surface area (Å²) in [5.74, 6) is 0.927. The second-order valence-electron chi connectivity index (χ2n) is 3.58. The van der Waals surface area contributed by atoms with Gasteiger partial charge in [0.2, 0.25) is 0 Å². The SMILES string of the molecule is Cc1ccc(OCCCCC(N)=S)cc1. The lowest BCUT2D eigenvalue weighted by molar-refractivity contribution is 0.308. The highest BCUT2D eigenvalue weighted by Crippen LogP contribution is 2.11. The van der Waals surface area contributed by atoms with Gasteiger partial charge in [-0.1, -0.05) is 29.9 Å². The zero-order valence-corrected chi connectivity index (χ0v) is 9.85. The van der Waals surface area contributed by atoms with Crippen LogP contribution in [-0.2, 0) is 0 Å². The van der Waals surface area contributed by atoms with Crippen molar-refractivity contribution in [2.75, 3.05) is 6.61 Å². The Balaban J connectivity index is 2.15. The lowest BCUT2D eigenvalue weighted by atomic mass is 10.2. The molecule has 0 heterocycles. The molecule has 0 bridgehead atoms. The molecule has 0 fully saturated rings. The van der Waals surface area contributed by atoms with E-state index in [1.54, 1.807) is 0 Å². The third-order valence-electron chi connectivity index (χ3n) is 2.11. The molecule has 1 aromatic rings. The Bertz CT molecular complexity index is 308. The minimum Gasteiger partial charge on any atom is -0.494 e. The lowest BCUT2D eigenvalue weighted by Crippen LogP contribution is -2.07. The van der Waals surface area contributed by atoms with Crippen LogP contribution in [0.15, 0.2) is 24.3 Å². The van der Waals surface area contributed by atoms with Gasteiger partial charge in [-0.25, -0.2) is 0 Å². The molecule has 0 amide bonds. The third kappa shape index (κ3) is 5.37. The first-order valence-electron chi connectivity index (χ1n) is 5.16. The number of hydrogen-bond donors (Lipinski definition) is 1. The first-order chi connectivity index (χ1) is 7.18. The van der Waals surface area contributed by atoms with Gasteiger partial charge < -0.3 is 10.5 Å². The van der Waals surface area contributed by atoms with Crippen molar-refractivity contribution in [1.82, 2.24) is 0 Å². The molecule has 0 spiro atoms. The first-order valence-corrected chi connectivity index (χ1v) is 5.57. The molecule has 0 saturated carbocycles. The zero-order chi connectivity index (χ0) is 11.1. The molecule has 0 radical (unpaired) electrons. The molecule has 0 atom stereocenters. The van der Waals surface area contributed by atoms with E-state index in [0.717, 1.165) is 31.6 Å². The lowest BCUT2D eigenvalue weighted by Gasteiger charge is -2.05. The van der Waals surface area contributed by atoms with E-state index >= 15 is 0 Å². The quantitative estimate of drug-likeness (QED) is 0.595. The fourth-order valence-corrected chi connectivity index (χ4v) is 1.37.